The molecule has 0 fully saturated rings. The number of carbonyl (C=O) groups is 1. The van der Waals surface area contributed by atoms with Gasteiger partial charge in [-0.15, -0.1) is 0 Å². The third kappa shape index (κ3) is 3.82. The van der Waals surface area contributed by atoms with Gasteiger partial charge in [0.15, 0.2) is 0 Å². The number of fused-ring (bicyclic) bond motifs is 1. The third-order valence-corrected chi connectivity index (χ3v) is 5.81. The van der Waals surface area contributed by atoms with Gasteiger partial charge in [0.05, 0.1) is 5.92 Å². The summed E-state index contributed by atoms with van der Waals surface area (Å²) >= 11 is 6.76. The first-order valence-electron chi connectivity index (χ1n) is 7.34. The van der Waals surface area contributed by atoms with E-state index in [1.165, 1.54) is 24.3 Å². The fourth-order valence-corrected chi connectivity index (χ4v) is 3.45. The number of nitrogens with one attached hydrogen (secondary N) is 1. The van der Waals surface area contributed by atoms with Gasteiger partial charge in [-0.05, 0) is 79.7 Å². The Kier molecular flexibility index (Phi) is 5.06. The summed E-state index contributed by atoms with van der Waals surface area (Å²) in [6, 6.07) is 10.6. The zero-order valence-electron chi connectivity index (χ0n) is 12.7. The van der Waals surface area contributed by atoms with Crippen LogP contribution in [0.2, 0.25) is 0 Å². The number of carboxylic acids is 1. The number of halogens is 3. The minimum Gasteiger partial charge on any atom is -0.481 e. The third-order valence-electron chi connectivity index (χ3n) is 3.93. The van der Waals surface area contributed by atoms with Gasteiger partial charge in [0.25, 0.3) is 0 Å². The Bertz CT molecular complexity index is 1030. The highest BCUT2D eigenvalue weighted by atomic mass is 79.9. The van der Waals surface area contributed by atoms with Gasteiger partial charge in [0.2, 0.25) is 5.56 Å². The quantitative estimate of drug-likeness (QED) is 0.587. The topological polar surface area (TPSA) is 70.2 Å². The summed E-state index contributed by atoms with van der Waals surface area (Å²) in [7, 11) is 0. The fourth-order valence-electron chi connectivity index (χ4n) is 2.77. The summed E-state index contributed by atoms with van der Waals surface area (Å²) in [5.41, 5.74) is 1.07. The largest absolute Gasteiger partial charge is 0.481 e. The van der Waals surface area contributed by atoms with E-state index in [2.05, 4.69) is 36.8 Å². The molecule has 0 radical (unpaired) electrons. The molecule has 3 aromatic rings. The van der Waals surface area contributed by atoms with E-state index in [-0.39, 0.29) is 6.42 Å². The molecule has 3 rings (SSSR count). The van der Waals surface area contributed by atoms with Crippen LogP contribution in [0.1, 0.15) is 17.0 Å². The molecule has 0 saturated carbocycles. The van der Waals surface area contributed by atoms with Gasteiger partial charge in [-0.3, -0.25) is 9.59 Å². The highest BCUT2D eigenvalue weighted by Crippen LogP contribution is 2.30. The van der Waals surface area contributed by atoms with Gasteiger partial charge in [-0.25, -0.2) is 4.39 Å². The van der Waals surface area contributed by atoms with Gasteiger partial charge in [0.1, 0.15) is 5.82 Å². The molecule has 4 nitrogen and oxygen atoms in total. The predicted molar refractivity (Wildman–Crippen MR) is 100 cm³/mol. The van der Waals surface area contributed by atoms with Crippen molar-refractivity contribution in [3.8, 4) is 0 Å². The number of benzene rings is 2. The second-order valence-corrected chi connectivity index (χ2v) is 7.33. The van der Waals surface area contributed by atoms with Crippen LogP contribution in [0.3, 0.4) is 0 Å². The number of hydrogen-bond acceptors (Lipinski definition) is 2. The average Bonchev–Trinajstić information content (AvgIpc) is 2.55. The van der Waals surface area contributed by atoms with Crippen LogP contribution in [0.15, 0.2) is 56.2 Å². The Labute approximate surface area is 159 Å². The summed E-state index contributed by atoms with van der Waals surface area (Å²) < 4.78 is 15.3. The Morgan fingerprint density at radius 3 is 2.56 bits per heavy atom. The van der Waals surface area contributed by atoms with Crippen molar-refractivity contribution in [2.45, 2.75) is 12.3 Å². The molecule has 0 saturated heterocycles. The molecular weight excluding hydrogens is 457 g/mol. The van der Waals surface area contributed by atoms with Crippen molar-refractivity contribution in [2.75, 3.05) is 0 Å². The van der Waals surface area contributed by atoms with Crippen LogP contribution >= 0.6 is 31.9 Å². The molecule has 0 spiro atoms. The second kappa shape index (κ2) is 7.09. The summed E-state index contributed by atoms with van der Waals surface area (Å²) in [6.07, 6.45) is 0.177. The summed E-state index contributed by atoms with van der Waals surface area (Å²) in [6.45, 7) is 0. The molecule has 2 N–H and O–H groups in total. The van der Waals surface area contributed by atoms with Gasteiger partial charge in [-0.2, -0.15) is 0 Å². The number of aromatic amines is 1. The fraction of sp³-hybridized carbons (Fsp3) is 0.111. The molecule has 0 aliphatic heterocycles. The van der Waals surface area contributed by atoms with E-state index in [1.807, 2.05) is 12.1 Å². The highest BCUT2D eigenvalue weighted by molar-refractivity contribution is 9.13. The van der Waals surface area contributed by atoms with Crippen LogP contribution in [-0.4, -0.2) is 16.1 Å². The second-order valence-electron chi connectivity index (χ2n) is 5.62. The molecule has 25 heavy (non-hydrogen) atoms. The van der Waals surface area contributed by atoms with E-state index in [0.29, 0.717) is 16.5 Å². The van der Waals surface area contributed by atoms with Crippen LogP contribution in [-0.2, 0) is 11.2 Å². The number of pyridine rings is 1. The first-order valence-corrected chi connectivity index (χ1v) is 8.93. The smallest absolute Gasteiger partial charge is 0.311 e. The molecule has 0 aliphatic rings. The Morgan fingerprint density at radius 1 is 1.12 bits per heavy atom. The standard InChI is InChI=1S/C18H12Br2FNO3/c19-14-3-1-9(6-15(14)20)5-13(18(24)25)11-8-17(23)22-16-4-2-10(21)7-12(11)16/h1-4,6-8,13H,5H2,(H,22,23)(H,24,25). The zero-order chi connectivity index (χ0) is 18.1. The molecule has 1 aromatic heterocycles. The number of hydrogen-bond donors (Lipinski definition) is 2. The summed E-state index contributed by atoms with van der Waals surface area (Å²) in [5.74, 6) is -2.54. The summed E-state index contributed by atoms with van der Waals surface area (Å²) in [4.78, 5) is 26.4. The molecule has 7 heteroatoms. The van der Waals surface area contributed by atoms with Gasteiger partial charge >= 0.3 is 5.97 Å². The maximum Gasteiger partial charge on any atom is 0.311 e. The minimum atomic E-state index is -1.07. The lowest BCUT2D eigenvalue weighted by molar-refractivity contribution is -0.138. The normalized spacial score (nSPS) is 12.3. The van der Waals surface area contributed by atoms with Crippen molar-refractivity contribution >= 4 is 48.7 Å². The molecule has 1 heterocycles. The van der Waals surface area contributed by atoms with Gasteiger partial charge in [0, 0.05) is 25.9 Å². The number of aliphatic carboxylic acids is 1. The van der Waals surface area contributed by atoms with E-state index in [9.17, 15) is 19.1 Å². The van der Waals surface area contributed by atoms with Crippen LogP contribution in [0, 0.1) is 5.82 Å². The molecule has 1 atom stereocenters. The van der Waals surface area contributed by atoms with Crippen LogP contribution in [0.5, 0.6) is 0 Å². The molecule has 128 valence electrons. The van der Waals surface area contributed by atoms with E-state index < -0.39 is 23.3 Å². The van der Waals surface area contributed by atoms with E-state index in [1.54, 1.807) is 6.07 Å². The Hall–Kier alpha value is -1.99. The number of rotatable bonds is 4. The Morgan fingerprint density at radius 2 is 1.88 bits per heavy atom. The average molecular weight is 469 g/mol. The lowest BCUT2D eigenvalue weighted by Crippen LogP contribution is -2.18. The van der Waals surface area contributed by atoms with E-state index in [4.69, 9.17) is 0 Å². The van der Waals surface area contributed by atoms with Crippen molar-refractivity contribution < 1.29 is 14.3 Å². The maximum absolute atomic E-state index is 13.7. The number of aromatic nitrogens is 1. The van der Waals surface area contributed by atoms with Crippen molar-refractivity contribution in [1.82, 2.24) is 4.98 Å². The van der Waals surface area contributed by atoms with Gasteiger partial charge < -0.3 is 10.1 Å². The first-order chi connectivity index (χ1) is 11.8. The molecule has 0 aliphatic carbocycles. The lowest BCUT2D eigenvalue weighted by atomic mass is 9.90. The van der Waals surface area contributed by atoms with Crippen LogP contribution in [0.25, 0.3) is 10.9 Å². The molecule has 0 bridgehead atoms. The Balaban J connectivity index is 2.13. The maximum atomic E-state index is 13.7. The molecule has 1 unspecified atom stereocenters. The van der Waals surface area contributed by atoms with Gasteiger partial charge in [-0.1, -0.05) is 6.07 Å². The molecule has 2 aromatic carbocycles. The van der Waals surface area contributed by atoms with E-state index in [0.717, 1.165) is 14.5 Å². The van der Waals surface area contributed by atoms with Crippen molar-refractivity contribution in [3.05, 3.63) is 78.7 Å². The summed E-state index contributed by atoms with van der Waals surface area (Å²) in [5, 5.41) is 10.1. The number of H-pyrrole nitrogens is 1. The van der Waals surface area contributed by atoms with Crippen LogP contribution < -0.4 is 5.56 Å². The SMILES string of the molecule is O=C(O)C(Cc1ccc(Br)c(Br)c1)c1cc(=O)[nH]c2ccc(F)cc12. The van der Waals surface area contributed by atoms with Crippen LogP contribution in [0.4, 0.5) is 4.39 Å². The number of carboxylic acid groups (broad SMARTS) is 1. The van der Waals surface area contributed by atoms with Crippen molar-refractivity contribution in [1.29, 1.82) is 0 Å². The first kappa shape index (κ1) is 17.8. The van der Waals surface area contributed by atoms with E-state index >= 15 is 0 Å². The predicted octanol–water partition coefficient (Wildman–Crippen LogP) is 4.60. The monoisotopic (exact) mass is 467 g/mol. The molecule has 0 amide bonds. The highest BCUT2D eigenvalue weighted by Gasteiger charge is 2.24. The lowest BCUT2D eigenvalue weighted by Gasteiger charge is -2.16. The van der Waals surface area contributed by atoms with Crippen molar-refractivity contribution in [2.24, 2.45) is 0 Å². The zero-order valence-corrected chi connectivity index (χ0v) is 15.9. The molecular formula is C18H12Br2FNO3. The van der Waals surface area contributed by atoms with Crippen molar-refractivity contribution in [3.63, 3.8) is 0 Å². The minimum absolute atomic E-state index is 0.177.